The third-order valence-corrected chi connectivity index (χ3v) is 5.56. The highest BCUT2D eigenvalue weighted by molar-refractivity contribution is 5.89. The number of esters is 1. The predicted molar refractivity (Wildman–Crippen MR) is 99.4 cm³/mol. The van der Waals surface area contributed by atoms with E-state index in [0.717, 1.165) is 40.9 Å². The van der Waals surface area contributed by atoms with Gasteiger partial charge in [0, 0.05) is 40.2 Å². The molecule has 2 aromatic heterocycles. The second kappa shape index (κ2) is 5.74. The number of nitrogens with zero attached hydrogens (tertiary/aromatic N) is 1. The lowest BCUT2D eigenvalue weighted by atomic mass is 9.96. The second-order valence-corrected chi connectivity index (χ2v) is 7.47. The molecule has 0 unspecified atom stereocenters. The van der Waals surface area contributed by atoms with Gasteiger partial charge >= 0.3 is 5.97 Å². The van der Waals surface area contributed by atoms with Gasteiger partial charge in [-0.15, -0.1) is 0 Å². The first-order valence-electron chi connectivity index (χ1n) is 9.06. The van der Waals surface area contributed by atoms with Gasteiger partial charge in [-0.05, 0) is 36.6 Å². The van der Waals surface area contributed by atoms with Crippen molar-refractivity contribution in [3.8, 4) is 11.5 Å². The van der Waals surface area contributed by atoms with Gasteiger partial charge in [-0.3, -0.25) is 0 Å². The third-order valence-electron chi connectivity index (χ3n) is 5.56. The maximum Gasteiger partial charge on any atom is 0.356 e. The van der Waals surface area contributed by atoms with Gasteiger partial charge in [-0.25, -0.2) is 9.78 Å². The highest BCUT2D eigenvalue weighted by atomic mass is 16.7. The lowest BCUT2D eigenvalue weighted by molar-refractivity contribution is 0.0593. The van der Waals surface area contributed by atoms with E-state index in [1.807, 2.05) is 24.3 Å². The summed E-state index contributed by atoms with van der Waals surface area (Å²) >= 11 is 0. The molecule has 1 aliphatic carbocycles. The molecule has 6 nitrogen and oxygen atoms in total. The number of H-pyrrole nitrogens is 1. The molecular formula is C21H20N2O4. The van der Waals surface area contributed by atoms with E-state index in [-0.39, 0.29) is 12.2 Å². The quantitative estimate of drug-likeness (QED) is 0.714. The largest absolute Gasteiger partial charge is 0.464 e. The SMILES string of the molecule is COC(=O)c1cccc(Cc2c(C3(C)CC3)[nH]c3cc4c(cc23)OCO4)n1. The standard InChI is InChI=1S/C21H20N2O4/c1-21(6-7-21)19-14(8-12-4-3-5-15(22-12)20(24)25-2)13-9-17-18(27-11-26-17)10-16(13)23-19/h3-5,9-10,23H,6-8,11H2,1-2H3. The fourth-order valence-electron chi connectivity index (χ4n) is 3.75. The average molecular weight is 364 g/mol. The Morgan fingerprint density at radius 1 is 1.26 bits per heavy atom. The Morgan fingerprint density at radius 3 is 2.78 bits per heavy atom. The zero-order valence-electron chi connectivity index (χ0n) is 15.3. The van der Waals surface area contributed by atoms with Gasteiger partial charge in [0.25, 0.3) is 0 Å². The van der Waals surface area contributed by atoms with Crippen LogP contribution < -0.4 is 9.47 Å². The Morgan fingerprint density at radius 2 is 2.04 bits per heavy atom. The number of aromatic nitrogens is 2. The number of nitrogens with one attached hydrogen (secondary N) is 1. The van der Waals surface area contributed by atoms with Crippen LogP contribution in [0.1, 0.15) is 47.2 Å². The maximum absolute atomic E-state index is 11.8. The maximum atomic E-state index is 11.8. The third kappa shape index (κ3) is 2.63. The van der Waals surface area contributed by atoms with E-state index in [4.69, 9.17) is 14.2 Å². The molecule has 0 radical (unpaired) electrons. The number of methoxy groups -OCH3 is 1. The van der Waals surface area contributed by atoms with Crippen molar-refractivity contribution >= 4 is 16.9 Å². The van der Waals surface area contributed by atoms with Crippen molar-refractivity contribution in [2.75, 3.05) is 13.9 Å². The van der Waals surface area contributed by atoms with Crippen LogP contribution in [0.3, 0.4) is 0 Å². The lowest BCUT2D eigenvalue weighted by Gasteiger charge is -2.11. The second-order valence-electron chi connectivity index (χ2n) is 7.47. The molecule has 1 saturated carbocycles. The van der Waals surface area contributed by atoms with E-state index in [1.54, 1.807) is 6.07 Å². The van der Waals surface area contributed by atoms with Crippen LogP contribution in [0.4, 0.5) is 0 Å². The molecule has 6 heteroatoms. The molecule has 27 heavy (non-hydrogen) atoms. The van der Waals surface area contributed by atoms with Gasteiger partial charge in [-0.2, -0.15) is 0 Å². The summed E-state index contributed by atoms with van der Waals surface area (Å²) in [7, 11) is 1.37. The molecule has 3 aromatic rings. The Balaban J connectivity index is 1.62. The molecule has 0 spiro atoms. The van der Waals surface area contributed by atoms with Crippen LogP contribution in [0, 0.1) is 0 Å². The number of benzene rings is 1. The minimum Gasteiger partial charge on any atom is -0.464 e. The van der Waals surface area contributed by atoms with Crippen molar-refractivity contribution in [3.63, 3.8) is 0 Å². The smallest absolute Gasteiger partial charge is 0.356 e. The number of carbonyl (C=O) groups excluding carboxylic acids is 1. The van der Waals surface area contributed by atoms with Crippen LogP contribution in [-0.2, 0) is 16.6 Å². The summed E-state index contributed by atoms with van der Waals surface area (Å²) in [6.45, 7) is 2.53. The van der Waals surface area contributed by atoms with Crippen molar-refractivity contribution in [3.05, 3.63) is 53.0 Å². The molecule has 0 amide bonds. The van der Waals surface area contributed by atoms with Crippen molar-refractivity contribution in [1.29, 1.82) is 0 Å². The minimum atomic E-state index is -0.423. The van der Waals surface area contributed by atoms with Gasteiger partial charge in [0.15, 0.2) is 11.5 Å². The molecule has 0 saturated heterocycles. The highest BCUT2D eigenvalue weighted by Crippen LogP contribution is 2.51. The number of fused-ring (bicyclic) bond motifs is 2. The van der Waals surface area contributed by atoms with Gasteiger partial charge in [0.2, 0.25) is 6.79 Å². The van der Waals surface area contributed by atoms with E-state index < -0.39 is 5.97 Å². The highest BCUT2D eigenvalue weighted by Gasteiger charge is 2.42. The number of hydrogen-bond donors (Lipinski definition) is 1. The van der Waals surface area contributed by atoms with Crippen LogP contribution in [0.5, 0.6) is 11.5 Å². The van der Waals surface area contributed by atoms with Gasteiger partial charge < -0.3 is 19.2 Å². The molecule has 1 N–H and O–H groups in total. The van der Waals surface area contributed by atoms with E-state index in [1.165, 1.54) is 18.4 Å². The molecule has 0 atom stereocenters. The Kier molecular flexibility index (Phi) is 3.44. The topological polar surface area (TPSA) is 73.4 Å². The number of aromatic amines is 1. The number of hydrogen-bond acceptors (Lipinski definition) is 5. The molecule has 2 aliphatic rings. The summed E-state index contributed by atoms with van der Waals surface area (Å²) in [6, 6.07) is 9.51. The molecule has 138 valence electrons. The van der Waals surface area contributed by atoms with Gasteiger partial charge in [-0.1, -0.05) is 13.0 Å². The van der Waals surface area contributed by atoms with E-state index in [2.05, 4.69) is 16.9 Å². The first-order chi connectivity index (χ1) is 13.1. The van der Waals surface area contributed by atoms with Crippen molar-refractivity contribution in [2.24, 2.45) is 0 Å². The Labute approximate surface area is 156 Å². The molecular weight excluding hydrogens is 344 g/mol. The van der Waals surface area contributed by atoms with Gasteiger partial charge in [0.05, 0.1) is 7.11 Å². The van der Waals surface area contributed by atoms with E-state index >= 15 is 0 Å². The van der Waals surface area contributed by atoms with Crippen LogP contribution in [0.2, 0.25) is 0 Å². The zero-order chi connectivity index (χ0) is 18.6. The molecule has 1 aliphatic heterocycles. The van der Waals surface area contributed by atoms with Crippen molar-refractivity contribution in [2.45, 2.75) is 31.6 Å². The summed E-state index contributed by atoms with van der Waals surface area (Å²) in [5.41, 5.74) is 4.82. The summed E-state index contributed by atoms with van der Waals surface area (Å²) in [6.07, 6.45) is 2.96. The van der Waals surface area contributed by atoms with E-state index in [9.17, 15) is 4.79 Å². The summed E-state index contributed by atoms with van der Waals surface area (Å²) in [5.74, 6) is 1.12. The summed E-state index contributed by atoms with van der Waals surface area (Å²) in [4.78, 5) is 19.9. The van der Waals surface area contributed by atoms with Crippen LogP contribution in [-0.4, -0.2) is 29.8 Å². The molecule has 5 rings (SSSR count). The fourth-order valence-corrected chi connectivity index (χ4v) is 3.75. The van der Waals surface area contributed by atoms with Crippen LogP contribution in [0.15, 0.2) is 30.3 Å². The Hall–Kier alpha value is -3.02. The lowest BCUT2D eigenvalue weighted by Crippen LogP contribution is -2.08. The zero-order valence-corrected chi connectivity index (χ0v) is 15.3. The number of pyridine rings is 1. The number of ether oxygens (including phenoxy) is 3. The molecule has 1 fully saturated rings. The summed E-state index contributed by atoms with van der Waals surface area (Å²) in [5, 5.41) is 1.12. The number of carbonyl (C=O) groups is 1. The Bertz CT molecular complexity index is 1070. The minimum absolute atomic E-state index is 0.167. The monoisotopic (exact) mass is 364 g/mol. The van der Waals surface area contributed by atoms with Crippen LogP contribution >= 0.6 is 0 Å². The first kappa shape index (κ1) is 16.2. The van der Waals surface area contributed by atoms with Gasteiger partial charge in [0.1, 0.15) is 5.69 Å². The van der Waals surface area contributed by atoms with Crippen molar-refractivity contribution < 1.29 is 19.0 Å². The summed E-state index contributed by atoms with van der Waals surface area (Å²) < 4.78 is 15.9. The molecule has 3 heterocycles. The van der Waals surface area contributed by atoms with Crippen LogP contribution in [0.25, 0.3) is 10.9 Å². The fraction of sp³-hybridized carbons (Fsp3) is 0.333. The number of rotatable bonds is 4. The predicted octanol–water partition coefficient (Wildman–Crippen LogP) is 3.72. The van der Waals surface area contributed by atoms with Crippen molar-refractivity contribution in [1.82, 2.24) is 9.97 Å². The molecule has 1 aromatic carbocycles. The first-order valence-corrected chi connectivity index (χ1v) is 9.06. The molecule has 0 bridgehead atoms. The normalized spacial score (nSPS) is 16.5. The average Bonchev–Trinajstić information content (AvgIpc) is 3.12. The van der Waals surface area contributed by atoms with E-state index in [0.29, 0.717) is 12.1 Å².